The minimum Gasteiger partial charge on any atom is -0.324 e. The third-order valence-corrected chi connectivity index (χ3v) is 2.61. The van der Waals surface area contributed by atoms with Gasteiger partial charge in [-0.15, -0.1) is 0 Å². The maximum absolute atomic E-state index is 12.0. The van der Waals surface area contributed by atoms with Crippen LogP contribution in [0.4, 0.5) is 5.69 Å². The van der Waals surface area contributed by atoms with Crippen molar-refractivity contribution in [2.45, 2.75) is 13.0 Å². The molecule has 0 aliphatic carbocycles. The Hall–Kier alpha value is -2.47. The van der Waals surface area contributed by atoms with E-state index < -0.39 is 5.91 Å². The Morgan fingerprint density at radius 1 is 1.32 bits per heavy atom. The largest absolute Gasteiger partial charge is 0.324 e. The SMILES string of the molecule is CC(N)c1ccccc1NC(=O)c1ccc(=O)[nH]n1. The molecule has 98 valence electrons. The molecule has 0 saturated carbocycles. The van der Waals surface area contributed by atoms with Gasteiger partial charge in [0.05, 0.1) is 0 Å². The molecular formula is C13H14N4O2. The smallest absolute Gasteiger partial charge is 0.276 e. The fourth-order valence-corrected chi connectivity index (χ4v) is 1.67. The molecule has 2 rings (SSSR count). The predicted molar refractivity (Wildman–Crippen MR) is 71.9 cm³/mol. The van der Waals surface area contributed by atoms with Gasteiger partial charge in [-0.3, -0.25) is 9.59 Å². The van der Waals surface area contributed by atoms with Crippen LogP contribution in [-0.4, -0.2) is 16.1 Å². The van der Waals surface area contributed by atoms with Gasteiger partial charge in [0, 0.05) is 17.8 Å². The summed E-state index contributed by atoms with van der Waals surface area (Å²) in [6.45, 7) is 1.84. The number of nitrogens with one attached hydrogen (secondary N) is 2. The number of nitrogens with two attached hydrogens (primary N) is 1. The van der Waals surface area contributed by atoms with Crippen LogP contribution in [0.15, 0.2) is 41.2 Å². The van der Waals surface area contributed by atoms with Crippen LogP contribution in [0, 0.1) is 0 Å². The molecule has 0 spiro atoms. The van der Waals surface area contributed by atoms with Crippen molar-refractivity contribution >= 4 is 11.6 Å². The molecule has 19 heavy (non-hydrogen) atoms. The van der Waals surface area contributed by atoms with E-state index in [-0.39, 0.29) is 17.3 Å². The lowest BCUT2D eigenvalue weighted by molar-refractivity contribution is 0.102. The molecule has 1 unspecified atom stereocenters. The molecule has 6 heteroatoms. The lowest BCUT2D eigenvalue weighted by Gasteiger charge is -2.13. The number of amides is 1. The summed E-state index contributed by atoms with van der Waals surface area (Å²) in [5.74, 6) is -0.399. The van der Waals surface area contributed by atoms with Crippen molar-refractivity contribution in [3.8, 4) is 0 Å². The second kappa shape index (κ2) is 5.45. The summed E-state index contributed by atoms with van der Waals surface area (Å²) >= 11 is 0. The van der Waals surface area contributed by atoms with Gasteiger partial charge in [-0.1, -0.05) is 18.2 Å². The van der Waals surface area contributed by atoms with Crippen LogP contribution >= 0.6 is 0 Å². The fraction of sp³-hybridized carbons (Fsp3) is 0.154. The molecule has 1 amide bonds. The Labute approximate surface area is 109 Å². The van der Waals surface area contributed by atoms with E-state index in [9.17, 15) is 9.59 Å². The highest BCUT2D eigenvalue weighted by Crippen LogP contribution is 2.20. The predicted octanol–water partition coefficient (Wildman–Crippen LogP) is 1.04. The first-order valence-electron chi connectivity index (χ1n) is 5.79. The first-order valence-corrected chi connectivity index (χ1v) is 5.79. The molecule has 1 aromatic heterocycles. The number of benzene rings is 1. The number of rotatable bonds is 3. The van der Waals surface area contributed by atoms with Crippen LogP contribution in [0.3, 0.4) is 0 Å². The van der Waals surface area contributed by atoms with Crippen LogP contribution in [0.25, 0.3) is 0 Å². The number of hydrogen-bond donors (Lipinski definition) is 3. The minimum absolute atomic E-state index is 0.138. The Balaban J connectivity index is 2.24. The van der Waals surface area contributed by atoms with E-state index in [1.165, 1.54) is 12.1 Å². The van der Waals surface area contributed by atoms with Crippen molar-refractivity contribution < 1.29 is 4.79 Å². The van der Waals surface area contributed by atoms with Gasteiger partial charge in [0.25, 0.3) is 11.5 Å². The Morgan fingerprint density at radius 3 is 2.68 bits per heavy atom. The number of aromatic nitrogens is 2. The van der Waals surface area contributed by atoms with E-state index in [1.54, 1.807) is 6.07 Å². The normalized spacial score (nSPS) is 11.9. The number of anilines is 1. The van der Waals surface area contributed by atoms with Gasteiger partial charge < -0.3 is 11.1 Å². The molecule has 6 nitrogen and oxygen atoms in total. The average molecular weight is 258 g/mol. The summed E-state index contributed by atoms with van der Waals surface area (Å²) in [5, 5.41) is 8.61. The standard InChI is InChI=1S/C13H14N4O2/c1-8(14)9-4-2-3-5-10(9)15-13(19)11-6-7-12(18)17-16-11/h2-8H,14H2,1H3,(H,15,19)(H,17,18). The summed E-state index contributed by atoms with van der Waals surface area (Å²) in [6.07, 6.45) is 0. The van der Waals surface area contributed by atoms with Crippen LogP contribution in [0.1, 0.15) is 29.0 Å². The summed E-state index contributed by atoms with van der Waals surface area (Å²) in [5.41, 5.74) is 7.09. The van der Waals surface area contributed by atoms with E-state index >= 15 is 0 Å². The van der Waals surface area contributed by atoms with Gasteiger partial charge in [0.2, 0.25) is 0 Å². The maximum Gasteiger partial charge on any atom is 0.276 e. The van der Waals surface area contributed by atoms with Crippen LogP contribution < -0.4 is 16.6 Å². The number of carbonyl (C=O) groups is 1. The number of H-pyrrole nitrogens is 1. The molecule has 0 fully saturated rings. The highest BCUT2D eigenvalue weighted by molar-refractivity contribution is 6.03. The fourth-order valence-electron chi connectivity index (χ4n) is 1.67. The lowest BCUT2D eigenvalue weighted by atomic mass is 10.1. The van der Waals surface area contributed by atoms with E-state index in [1.807, 2.05) is 25.1 Å². The van der Waals surface area contributed by atoms with Gasteiger partial charge in [-0.2, -0.15) is 5.10 Å². The lowest BCUT2D eigenvalue weighted by Crippen LogP contribution is -2.19. The summed E-state index contributed by atoms with van der Waals surface area (Å²) in [7, 11) is 0. The van der Waals surface area contributed by atoms with Crippen molar-refractivity contribution in [2.75, 3.05) is 5.32 Å². The molecule has 0 aliphatic heterocycles. The number of hydrogen-bond acceptors (Lipinski definition) is 4. The van der Waals surface area contributed by atoms with E-state index in [0.717, 1.165) is 5.56 Å². The zero-order chi connectivity index (χ0) is 13.8. The molecule has 1 aromatic carbocycles. The van der Waals surface area contributed by atoms with Crippen LogP contribution in [0.2, 0.25) is 0 Å². The minimum atomic E-state index is -0.399. The van der Waals surface area contributed by atoms with Crippen molar-refractivity contribution in [3.05, 3.63) is 58.0 Å². The maximum atomic E-state index is 12.0. The van der Waals surface area contributed by atoms with Crippen LogP contribution in [0.5, 0.6) is 0 Å². The molecule has 1 heterocycles. The molecule has 0 bridgehead atoms. The Bertz CT molecular complexity index is 629. The highest BCUT2D eigenvalue weighted by atomic mass is 16.2. The summed E-state index contributed by atoms with van der Waals surface area (Å²) in [4.78, 5) is 22.8. The third-order valence-electron chi connectivity index (χ3n) is 2.61. The Morgan fingerprint density at radius 2 is 2.05 bits per heavy atom. The van der Waals surface area contributed by atoms with Crippen molar-refractivity contribution in [3.63, 3.8) is 0 Å². The quantitative estimate of drug-likeness (QED) is 0.765. The van der Waals surface area contributed by atoms with E-state index in [2.05, 4.69) is 15.5 Å². The number of nitrogens with zero attached hydrogens (tertiary/aromatic N) is 1. The summed E-state index contributed by atoms with van der Waals surface area (Å²) in [6, 6.07) is 9.69. The Kier molecular flexibility index (Phi) is 3.72. The second-order valence-electron chi connectivity index (χ2n) is 4.14. The number of carbonyl (C=O) groups excluding carboxylic acids is 1. The van der Waals surface area contributed by atoms with Crippen LogP contribution in [-0.2, 0) is 0 Å². The first-order chi connectivity index (χ1) is 9.08. The third kappa shape index (κ3) is 3.05. The molecule has 0 aliphatic rings. The average Bonchev–Trinajstić information content (AvgIpc) is 2.39. The molecule has 1 atom stereocenters. The van der Waals surface area contributed by atoms with Crippen molar-refractivity contribution in [1.29, 1.82) is 0 Å². The van der Waals surface area contributed by atoms with Gasteiger partial charge in [-0.25, -0.2) is 5.10 Å². The van der Waals surface area contributed by atoms with Crippen molar-refractivity contribution in [2.24, 2.45) is 5.73 Å². The molecular weight excluding hydrogens is 244 g/mol. The van der Waals surface area contributed by atoms with Gasteiger partial charge >= 0.3 is 0 Å². The van der Waals surface area contributed by atoms with E-state index in [4.69, 9.17) is 5.73 Å². The van der Waals surface area contributed by atoms with Gasteiger partial charge in [0.15, 0.2) is 0 Å². The number of aromatic amines is 1. The monoisotopic (exact) mass is 258 g/mol. The van der Waals surface area contributed by atoms with Gasteiger partial charge in [-0.05, 0) is 24.6 Å². The zero-order valence-electron chi connectivity index (χ0n) is 10.4. The molecule has 0 radical (unpaired) electrons. The zero-order valence-corrected chi connectivity index (χ0v) is 10.4. The second-order valence-corrected chi connectivity index (χ2v) is 4.14. The molecule has 2 aromatic rings. The highest BCUT2D eigenvalue weighted by Gasteiger charge is 2.11. The van der Waals surface area contributed by atoms with Gasteiger partial charge in [0.1, 0.15) is 5.69 Å². The van der Waals surface area contributed by atoms with Crippen molar-refractivity contribution in [1.82, 2.24) is 10.2 Å². The summed E-state index contributed by atoms with van der Waals surface area (Å²) < 4.78 is 0. The number of para-hydroxylation sites is 1. The first kappa shape index (κ1) is 13.0. The van der Waals surface area contributed by atoms with E-state index in [0.29, 0.717) is 5.69 Å². The molecule has 0 saturated heterocycles. The molecule has 4 N–H and O–H groups in total. The topological polar surface area (TPSA) is 101 Å².